The minimum atomic E-state index is -0.175. The second kappa shape index (κ2) is 7.74. The van der Waals surface area contributed by atoms with Crippen LogP contribution in [0.3, 0.4) is 0 Å². The van der Waals surface area contributed by atoms with E-state index in [-0.39, 0.29) is 23.9 Å². The third kappa shape index (κ3) is 4.42. The number of piperazine rings is 1. The van der Waals surface area contributed by atoms with Gasteiger partial charge in [-0.1, -0.05) is 6.07 Å². The van der Waals surface area contributed by atoms with Gasteiger partial charge >= 0.3 is 0 Å². The van der Waals surface area contributed by atoms with E-state index in [1.54, 1.807) is 23.2 Å². The van der Waals surface area contributed by atoms with Crippen LogP contribution in [0.1, 0.15) is 6.92 Å². The molecule has 0 spiro atoms. The van der Waals surface area contributed by atoms with Crippen molar-refractivity contribution in [2.75, 3.05) is 39.3 Å². The SMILES string of the molecule is CCNC(=O)CN1CCN(C(=O)Cn2ccccc2=O)CC1. The van der Waals surface area contributed by atoms with Crippen LogP contribution in [0.2, 0.25) is 0 Å². The maximum Gasteiger partial charge on any atom is 0.250 e. The highest BCUT2D eigenvalue weighted by Crippen LogP contribution is 2.03. The Morgan fingerprint density at radius 1 is 1.14 bits per heavy atom. The summed E-state index contributed by atoms with van der Waals surface area (Å²) >= 11 is 0. The number of carbonyl (C=O) groups is 2. The fourth-order valence-corrected chi connectivity index (χ4v) is 2.45. The molecule has 1 saturated heterocycles. The van der Waals surface area contributed by atoms with Crippen LogP contribution in [-0.4, -0.2) is 65.4 Å². The highest BCUT2D eigenvalue weighted by atomic mass is 16.2. The largest absolute Gasteiger partial charge is 0.355 e. The van der Waals surface area contributed by atoms with E-state index in [0.717, 1.165) is 0 Å². The topological polar surface area (TPSA) is 74.7 Å². The van der Waals surface area contributed by atoms with Crippen molar-refractivity contribution in [3.63, 3.8) is 0 Å². The van der Waals surface area contributed by atoms with Gasteiger partial charge in [-0.2, -0.15) is 0 Å². The number of nitrogens with one attached hydrogen (secondary N) is 1. The smallest absolute Gasteiger partial charge is 0.250 e. The van der Waals surface area contributed by atoms with Crippen molar-refractivity contribution >= 4 is 11.8 Å². The van der Waals surface area contributed by atoms with Gasteiger partial charge in [-0.05, 0) is 13.0 Å². The fourth-order valence-electron chi connectivity index (χ4n) is 2.45. The van der Waals surface area contributed by atoms with Crippen molar-refractivity contribution in [1.82, 2.24) is 19.7 Å². The van der Waals surface area contributed by atoms with Crippen LogP contribution in [0.5, 0.6) is 0 Å². The average Bonchev–Trinajstić information content (AvgIpc) is 2.50. The van der Waals surface area contributed by atoms with E-state index in [9.17, 15) is 14.4 Å². The zero-order valence-electron chi connectivity index (χ0n) is 12.8. The van der Waals surface area contributed by atoms with Gasteiger partial charge in [0.15, 0.2) is 0 Å². The second-order valence-electron chi connectivity index (χ2n) is 5.28. The molecule has 1 aromatic rings. The van der Waals surface area contributed by atoms with Crippen molar-refractivity contribution in [3.05, 3.63) is 34.7 Å². The van der Waals surface area contributed by atoms with Gasteiger partial charge in [0.2, 0.25) is 11.8 Å². The third-order valence-electron chi connectivity index (χ3n) is 3.67. The Hall–Kier alpha value is -2.15. The number of amides is 2. The summed E-state index contributed by atoms with van der Waals surface area (Å²) in [6.07, 6.45) is 1.62. The summed E-state index contributed by atoms with van der Waals surface area (Å²) in [7, 11) is 0. The van der Waals surface area contributed by atoms with Crippen LogP contribution >= 0.6 is 0 Å². The monoisotopic (exact) mass is 306 g/mol. The molecule has 0 aliphatic carbocycles. The zero-order chi connectivity index (χ0) is 15.9. The van der Waals surface area contributed by atoms with E-state index < -0.39 is 0 Å². The molecular weight excluding hydrogens is 284 g/mol. The molecule has 0 radical (unpaired) electrons. The van der Waals surface area contributed by atoms with Gasteiger partial charge < -0.3 is 14.8 Å². The minimum Gasteiger partial charge on any atom is -0.355 e. The quantitative estimate of drug-likeness (QED) is 0.767. The summed E-state index contributed by atoms with van der Waals surface area (Å²) < 4.78 is 1.41. The molecule has 2 rings (SSSR count). The Labute approximate surface area is 129 Å². The molecule has 0 unspecified atom stereocenters. The number of hydrogen-bond donors (Lipinski definition) is 1. The van der Waals surface area contributed by atoms with Crippen LogP contribution < -0.4 is 10.9 Å². The van der Waals surface area contributed by atoms with E-state index in [2.05, 4.69) is 5.32 Å². The zero-order valence-corrected chi connectivity index (χ0v) is 12.8. The van der Waals surface area contributed by atoms with E-state index in [4.69, 9.17) is 0 Å². The molecule has 2 amide bonds. The highest BCUT2D eigenvalue weighted by molar-refractivity contribution is 5.78. The standard InChI is InChI=1S/C15H22N4O3/c1-2-16-13(20)11-17-7-9-18(10-8-17)15(22)12-19-6-4-3-5-14(19)21/h3-6H,2,7-12H2,1H3,(H,16,20). The number of hydrogen-bond acceptors (Lipinski definition) is 4. The third-order valence-corrected chi connectivity index (χ3v) is 3.67. The molecule has 0 bridgehead atoms. The lowest BCUT2D eigenvalue weighted by Gasteiger charge is -2.34. The molecule has 0 saturated carbocycles. The average molecular weight is 306 g/mol. The van der Waals surface area contributed by atoms with Crippen molar-refractivity contribution in [2.45, 2.75) is 13.5 Å². The molecule has 22 heavy (non-hydrogen) atoms. The number of aromatic nitrogens is 1. The predicted molar refractivity (Wildman–Crippen MR) is 82.4 cm³/mol. The predicted octanol–water partition coefficient (Wildman–Crippen LogP) is -0.871. The first-order chi connectivity index (χ1) is 10.6. The Balaban J connectivity index is 1.81. The van der Waals surface area contributed by atoms with Gasteiger partial charge in [-0.3, -0.25) is 19.3 Å². The molecule has 0 atom stereocenters. The maximum absolute atomic E-state index is 12.2. The van der Waals surface area contributed by atoms with Gasteiger partial charge in [0.1, 0.15) is 6.54 Å². The summed E-state index contributed by atoms with van der Waals surface area (Å²) in [6, 6.07) is 4.83. The first-order valence-electron chi connectivity index (χ1n) is 7.52. The normalized spacial score (nSPS) is 15.6. The summed E-state index contributed by atoms with van der Waals surface area (Å²) in [5.74, 6) is -0.0518. The van der Waals surface area contributed by atoms with Crippen molar-refractivity contribution in [2.24, 2.45) is 0 Å². The maximum atomic E-state index is 12.2. The van der Waals surface area contributed by atoms with Crippen molar-refractivity contribution in [1.29, 1.82) is 0 Å². The molecule has 0 aromatic carbocycles. The summed E-state index contributed by atoms with van der Waals surface area (Å²) in [5.41, 5.74) is -0.175. The molecule has 1 aliphatic heterocycles. The van der Waals surface area contributed by atoms with Gasteiger partial charge in [-0.25, -0.2) is 0 Å². The van der Waals surface area contributed by atoms with Crippen LogP contribution in [-0.2, 0) is 16.1 Å². The van der Waals surface area contributed by atoms with Crippen molar-refractivity contribution < 1.29 is 9.59 Å². The van der Waals surface area contributed by atoms with Crippen LogP contribution in [0.15, 0.2) is 29.2 Å². The Morgan fingerprint density at radius 2 is 1.86 bits per heavy atom. The molecule has 2 heterocycles. The molecule has 1 fully saturated rings. The Kier molecular flexibility index (Phi) is 5.71. The number of pyridine rings is 1. The Bertz CT molecular complexity index is 576. The van der Waals surface area contributed by atoms with E-state index in [0.29, 0.717) is 39.3 Å². The number of likely N-dealkylation sites (N-methyl/N-ethyl adjacent to an activating group) is 1. The van der Waals surface area contributed by atoms with Crippen molar-refractivity contribution in [3.8, 4) is 0 Å². The first kappa shape index (κ1) is 16.2. The molecule has 1 aliphatic rings. The lowest BCUT2D eigenvalue weighted by atomic mass is 10.3. The van der Waals surface area contributed by atoms with Crippen LogP contribution in [0.4, 0.5) is 0 Å². The molecule has 7 nitrogen and oxygen atoms in total. The molecular formula is C15H22N4O3. The van der Waals surface area contributed by atoms with E-state index in [1.807, 2.05) is 11.8 Å². The summed E-state index contributed by atoms with van der Waals surface area (Å²) in [4.78, 5) is 39.1. The summed E-state index contributed by atoms with van der Waals surface area (Å²) in [5, 5.41) is 2.77. The second-order valence-corrected chi connectivity index (χ2v) is 5.28. The molecule has 120 valence electrons. The van der Waals surface area contributed by atoms with Crippen LogP contribution in [0.25, 0.3) is 0 Å². The molecule has 1 N–H and O–H groups in total. The lowest BCUT2D eigenvalue weighted by molar-refractivity contribution is -0.133. The number of nitrogens with zero attached hydrogens (tertiary/aromatic N) is 3. The summed E-state index contributed by atoms with van der Waals surface area (Å²) in [6.45, 7) is 5.46. The van der Waals surface area contributed by atoms with Crippen LogP contribution in [0, 0.1) is 0 Å². The van der Waals surface area contributed by atoms with E-state index >= 15 is 0 Å². The molecule has 7 heteroatoms. The number of rotatable bonds is 5. The molecule has 1 aromatic heterocycles. The van der Waals surface area contributed by atoms with Gasteiger partial charge in [0.25, 0.3) is 5.56 Å². The first-order valence-corrected chi connectivity index (χ1v) is 7.52. The van der Waals surface area contributed by atoms with Gasteiger partial charge in [0.05, 0.1) is 6.54 Å². The Morgan fingerprint density at radius 3 is 2.50 bits per heavy atom. The lowest BCUT2D eigenvalue weighted by Crippen LogP contribution is -2.52. The minimum absolute atomic E-state index is 0.0121. The highest BCUT2D eigenvalue weighted by Gasteiger charge is 2.22. The number of carbonyl (C=O) groups excluding carboxylic acids is 2. The van der Waals surface area contributed by atoms with Gasteiger partial charge in [-0.15, -0.1) is 0 Å². The fraction of sp³-hybridized carbons (Fsp3) is 0.533. The van der Waals surface area contributed by atoms with E-state index in [1.165, 1.54) is 10.6 Å². The van der Waals surface area contributed by atoms with Gasteiger partial charge in [0, 0.05) is 45.0 Å².